The van der Waals surface area contributed by atoms with Crippen molar-refractivity contribution in [3.63, 3.8) is 0 Å². The highest BCUT2D eigenvalue weighted by Gasteiger charge is 2.16. The van der Waals surface area contributed by atoms with Crippen molar-refractivity contribution < 1.29 is 13.2 Å². The van der Waals surface area contributed by atoms with Crippen LogP contribution in [0.2, 0.25) is 0 Å². The van der Waals surface area contributed by atoms with E-state index in [-0.39, 0.29) is 29.6 Å². The second-order valence-corrected chi connectivity index (χ2v) is 7.84. The van der Waals surface area contributed by atoms with Crippen LogP contribution in [0.3, 0.4) is 0 Å². The van der Waals surface area contributed by atoms with Crippen molar-refractivity contribution in [2.24, 2.45) is 0 Å². The number of hydrogen-bond donors (Lipinski definition) is 1. The van der Waals surface area contributed by atoms with E-state index in [4.69, 9.17) is 0 Å². The van der Waals surface area contributed by atoms with Crippen LogP contribution in [0.5, 0.6) is 0 Å². The van der Waals surface area contributed by atoms with Crippen LogP contribution in [0.4, 0.5) is 0 Å². The third-order valence-corrected chi connectivity index (χ3v) is 5.55. The molecule has 0 saturated carbocycles. The number of amides is 1. The minimum atomic E-state index is -3.12. The summed E-state index contributed by atoms with van der Waals surface area (Å²) in [7, 11) is -1.55. The van der Waals surface area contributed by atoms with Crippen LogP contribution < -0.4 is 5.69 Å². The van der Waals surface area contributed by atoms with Crippen molar-refractivity contribution in [1.82, 2.24) is 14.5 Å². The average Bonchev–Trinajstić information content (AvgIpc) is 2.86. The monoisotopic (exact) mass is 339 g/mol. The van der Waals surface area contributed by atoms with Gasteiger partial charge in [-0.15, -0.1) is 0 Å². The molecule has 0 aliphatic heterocycles. The number of rotatable bonds is 6. The van der Waals surface area contributed by atoms with Crippen LogP contribution in [-0.4, -0.2) is 53.9 Å². The highest BCUT2D eigenvalue weighted by Crippen LogP contribution is 2.14. The Hall–Kier alpha value is -2.09. The van der Waals surface area contributed by atoms with Gasteiger partial charge < -0.3 is 9.88 Å². The van der Waals surface area contributed by atoms with Gasteiger partial charge in [-0.2, -0.15) is 0 Å². The fourth-order valence-corrected chi connectivity index (χ4v) is 3.18. The Kier molecular flexibility index (Phi) is 4.93. The number of aromatic amines is 1. The molecule has 0 aliphatic carbocycles. The molecule has 8 heteroatoms. The zero-order valence-electron chi connectivity index (χ0n) is 13.5. The molecule has 1 aromatic carbocycles. The topological polar surface area (TPSA) is 92.2 Å². The second-order valence-electron chi connectivity index (χ2n) is 5.37. The van der Waals surface area contributed by atoms with Crippen LogP contribution in [0.15, 0.2) is 23.0 Å². The summed E-state index contributed by atoms with van der Waals surface area (Å²) in [6, 6.07) is 4.97. The molecular weight excluding hydrogens is 318 g/mol. The molecule has 1 amide bonds. The van der Waals surface area contributed by atoms with E-state index in [0.29, 0.717) is 23.1 Å². The fraction of sp³-hybridized carbons (Fsp3) is 0.467. The number of H-pyrrole nitrogens is 1. The number of fused-ring (bicyclic) bond motifs is 1. The van der Waals surface area contributed by atoms with Gasteiger partial charge in [0.25, 0.3) is 5.91 Å². The summed E-state index contributed by atoms with van der Waals surface area (Å²) >= 11 is 0. The van der Waals surface area contributed by atoms with Gasteiger partial charge in [0, 0.05) is 31.5 Å². The molecule has 2 aromatic rings. The molecule has 23 heavy (non-hydrogen) atoms. The quantitative estimate of drug-likeness (QED) is 0.845. The predicted octanol–water partition coefficient (Wildman–Crippen LogP) is 0.856. The predicted molar refractivity (Wildman–Crippen MR) is 89.5 cm³/mol. The minimum Gasteiger partial charge on any atom is -0.341 e. The first kappa shape index (κ1) is 17.3. The van der Waals surface area contributed by atoms with E-state index in [1.54, 1.807) is 36.7 Å². The molecule has 1 N–H and O–H groups in total. The summed E-state index contributed by atoms with van der Waals surface area (Å²) in [4.78, 5) is 28.3. The van der Waals surface area contributed by atoms with Crippen molar-refractivity contribution >= 4 is 26.8 Å². The molecule has 0 unspecified atom stereocenters. The normalized spacial score (nSPS) is 11.8. The molecule has 0 bridgehead atoms. The van der Waals surface area contributed by atoms with Gasteiger partial charge in [0.15, 0.2) is 9.84 Å². The Balaban J connectivity index is 2.25. The maximum atomic E-state index is 12.4. The number of imidazole rings is 1. The van der Waals surface area contributed by atoms with Gasteiger partial charge in [-0.3, -0.25) is 9.36 Å². The molecule has 7 nitrogen and oxygen atoms in total. The van der Waals surface area contributed by atoms with E-state index < -0.39 is 9.84 Å². The number of nitrogens with zero attached hydrogens (tertiary/aromatic N) is 2. The molecular formula is C15H21N3O4S. The third kappa shape index (κ3) is 3.64. The van der Waals surface area contributed by atoms with Crippen molar-refractivity contribution in [1.29, 1.82) is 0 Å². The first-order chi connectivity index (χ1) is 10.8. The van der Waals surface area contributed by atoms with Gasteiger partial charge in [-0.05, 0) is 25.1 Å². The summed E-state index contributed by atoms with van der Waals surface area (Å²) in [6.07, 6.45) is 0. The van der Waals surface area contributed by atoms with Crippen molar-refractivity contribution in [3.05, 3.63) is 34.2 Å². The Bertz CT molecular complexity index is 880. The maximum absolute atomic E-state index is 12.4. The molecule has 1 heterocycles. The summed E-state index contributed by atoms with van der Waals surface area (Å²) in [5.74, 6) is -0.264. The van der Waals surface area contributed by atoms with E-state index in [9.17, 15) is 18.0 Å². The lowest BCUT2D eigenvalue weighted by atomic mass is 10.1. The van der Waals surface area contributed by atoms with Crippen molar-refractivity contribution in [2.75, 3.05) is 25.1 Å². The average molecular weight is 339 g/mol. The highest BCUT2D eigenvalue weighted by atomic mass is 32.2. The molecule has 0 aliphatic rings. The van der Waals surface area contributed by atoms with Gasteiger partial charge in [-0.1, -0.05) is 6.92 Å². The zero-order valence-corrected chi connectivity index (χ0v) is 14.3. The molecule has 2 rings (SSSR count). The first-order valence-corrected chi connectivity index (χ1v) is 9.29. The number of carbonyl (C=O) groups is 1. The van der Waals surface area contributed by atoms with Crippen molar-refractivity contribution in [3.8, 4) is 0 Å². The van der Waals surface area contributed by atoms with E-state index >= 15 is 0 Å². The zero-order chi connectivity index (χ0) is 17.2. The first-order valence-electron chi connectivity index (χ1n) is 7.47. The maximum Gasteiger partial charge on any atom is 0.326 e. The van der Waals surface area contributed by atoms with Crippen LogP contribution in [0, 0.1) is 0 Å². The number of aromatic nitrogens is 2. The van der Waals surface area contributed by atoms with Gasteiger partial charge >= 0.3 is 5.69 Å². The van der Waals surface area contributed by atoms with Crippen LogP contribution in [-0.2, 0) is 16.4 Å². The van der Waals surface area contributed by atoms with Gasteiger partial charge in [-0.25, -0.2) is 13.2 Å². The Morgan fingerprint density at radius 1 is 1.30 bits per heavy atom. The largest absolute Gasteiger partial charge is 0.341 e. The molecule has 126 valence electrons. The lowest BCUT2D eigenvalue weighted by molar-refractivity contribution is 0.0803. The Labute approximate surface area is 134 Å². The SMILES string of the molecule is CCn1c(=O)[nH]c2ccc(C(=O)N(C)CCS(=O)(=O)CC)cc21. The smallest absolute Gasteiger partial charge is 0.326 e. The van der Waals surface area contributed by atoms with E-state index in [1.807, 2.05) is 6.92 Å². The molecule has 0 fully saturated rings. The fourth-order valence-electron chi connectivity index (χ4n) is 2.34. The second kappa shape index (κ2) is 6.57. The summed E-state index contributed by atoms with van der Waals surface area (Å²) in [5.41, 5.74) is 1.55. The molecule has 1 aromatic heterocycles. The number of hydrogen-bond acceptors (Lipinski definition) is 4. The summed E-state index contributed by atoms with van der Waals surface area (Å²) in [6.45, 7) is 4.08. The van der Waals surface area contributed by atoms with Crippen LogP contribution in [0.25, 0.3) is 11.0 Å². The number of sulfone groups is 1. The highest BCUT2D eigenvalue weighted by molar-refractivity contribution is 7.91. The standard InChI is InChI=1S/C15H21N3O4S/c1-4-18-13-10-11(6-7-12(13)16-15(18)20)14(19)17(3)8-9-23(21,22)5-2/h6-7,10H,4-5,8-9H2,1-3H3,(H,16,20). The summed E-state index contributed by atoms with van der Waals surface area (Å²) in [5, 5.41) is 0. The summed E-state index contributed by atoms with van der Waals surface area (Å²) < 4.78 is 24.6. The van der Waals surface area contributed by atoms with E-state index in [0.717, 1.165) is 0 Å². The number of aryl methyl sites for hydroxylation is 1. The van der Waals surface area contributed by atoms with E-state index in [2.05, 4.69) is 4.98 Å². The molecule has 0 spiro atoms. The Morgan fingerprint density at radius 2 is 2.00 bits per heavy atom. The Morgan fingerprint density at radius 3 is 2.61 bits per heavy atom. The third-order valence-electron chi connectivity index (χ3n) is 3.86. The van der Waals surface area contributed by atoms with Crippen LogP contribution in [0.1, 0.15) is 24.2 Å². The minimum absolute atomic E-state index is 0.0577. The van der Waals surface area contributed by atoms with Gasteiger partial charge in [0.2, 0.25) is 0 Å². The molecule has 0 saturated heterocycles. The lowest BCUT2D eigenvalue weighted by Crippen LogP contribution is -2.32. The number of nitrogens with one attached hydrogen (secondary N) is 1. The van der Waals surface area contributed by atoms with E-state index in [1.165, 1.54) is 4.90 Å². The number of carbonyl (C=O) groups excluding carboxylic acids is 1. The van der Waals surface area contributed by atoms with Crippen molar-refractivity contribution in [2.45, 2.75) is 20.4 Å². The van der Waals surface area contributed by atoms with Gasteiger partial charge in [0.05, 0.1) is 16.8 Å². The molecule has 0 radical (unpaired) electrons. The molecule has 0 atom stereocenters. The van der Waals surface area contributed by atoms with Gasteiger partial charge in [0.1, 0.15) is 0 Å². The van der Waals surface area contributed by atoms with Crippen LogP contribution >= 0.6 is 0 Å². The lowest BCUT2D eigenvalue weighted by Gasteiger charge is -2.17. The number of benzene rings is 1.